The average Bonchev–Trinajstić information content (AvgIpc) is 0.722. The van der Waals surface area contributed by atoms with Crippen molar-refractivity contribution in [3.8, 4) is 0 Å². The zero-order valence-electron chi connectivity index (χ0n) is 4.50. The van der Waals surface area contributed by atoms with E-state index in [2.05, 4.69) is 0 Å². The Hall–Kier alpha value is 0.217. The molecule has 0 aromatic carbocycles. The largest absolute Gasteiger partial charge is 0.0724 e. The molecule has 0 aliphatic carbocycles. The monoisotopic (exact) mass is 75.1 g/mol. The van der Waals surface area contributed by atoms with Gasteiger partial charge in [0, 0.05) is 9.96 Å². The molecule has 26 valence electrons. The molecule has 0 heterocycles. The van der Waals surface area contributed by atoms with E-state index in [1.807, 2.05) is 19.6 Å². The summed E-state index contributed by atoms with van der Waals surface area (Å²) in [4.78, 5) is 0. The molecule has 0 bridgehead atoms. The van der Waals surface area contributed by atoms with Crippen molar-refractivity contribution in [2.24, 2.45) is 0 Å². The Bertz CT molecular complexity index is 22.4. The molecule has 0 fully saturated rings. The third kappa shape index (κ3) is 69.8. The summed E-state index contributed by atoms with van der Waals surface area (Å²) in [5, 5.41) is 0. The van der Waals surface area contributed by atoms with Gasteiger partial charge in [-0.05, 0) is 0 Å². The standard InChI is InChI=1S/C3H10Si/c1-4(2)3/h4H,1-3H3/i4D. The fraction of sp³-hybridized carbons (Fsp3) is 1.00. The van der Waals surface area contributed by atoms with Crippen molar-refractivity contribution in [3.63, 3.8) is 0 Å². The maximum atomic E-state index is 7.08. The first-order chi connectivity index (χ1) is 2.00. The lowest BCUT2D eigenvalue weighted by atomic mass is 11.8. The Balaban J connectivity index is 3.02. The number of hydrogen-bond acceptors (Lipinski definition) is 0. The first kappa shape index (κ1) is 2.45. The predicted molar refractivity (Wildman–Crippen MR) is 24.7 cm³/mol. The van der Waals surface area contributed by atoms with Crippen molar-refractivity contribution >= 4 is 8.73 Å². The Labute approximate surface area is 30.7 Å². The van der Waals surface area contributed by atoms with Crippen LogP contribution in [0, 0.1) is 0 Å². The lowest BCUT2D eigenvalue weighted by Crippen LogP contribution is -1.84. The molecule has 1 heteroatoms. The molecule has 0 aliphatic rings. The van der Waals surface area contributed by atoms with Crippen molar-refractivity contribution in [2.75, 3.05) is 0 Å². The van der Waals surface area contributed by atoms with Crippen LogP contribution in [0.3, 0.4) is 0 Å². The maximum absolute atomic E-state index is 7.08. The third-order valence-electron chi connectivity index (χ3n) is 0. The van der Waals surface area contributed by atoms with Crippen LogP contribution in [-0.4, -0.2) is 9.96 Å². The van der Waals surface area contributed by atoms with Crippen LogP contribution >= 0.6 is 0 Å². The van der Waals surface area contributed by atoms with E-state index in [4.69, 9.17) is 1.23 Å². The van der Waals surface area contributed by atoms with Gasteiger partial charge in [0.25, 0.3) is 0 Å². The predicted octanol–water partition coefficient (Wildman–Crippen LogP) is 1.10. The van der Waals surface area contributed by atoms with Gasteiger partial charge >= 0.3 is 0 Å². The number of rotatable bonds is 0. The van der Waals surface area contributed by atoms with E-state index in [9.17, 15) is 0 Å². The van der Waals surface area contributed by atoms with E-state index in [-0.39, 0.29) is 0 Å². The summed E-state index contributed by atoms with van der Waals surface area (Å²) >= 11 is 0. The molecule has 0 N–H and O–H groups in total. The van der Waals surface area contributed by atoms with Crippen molar-refractivity contribution < 1.29 is 0 Å². The van der Waals surface area contributed by atoms with Crippen LogP contribution in [0.15, 0.2) is 0 Å². The van der Waals surface area contributed by atoms with E-state index < -0.39 is 8.73 Å². The van der Waals surface area contributed by atoms with Gasteiger partial charge in [-0.2, -0.15) is 0 Å². The van der Waals surface area contributed by atoms with Gasteiger partial charge in [0.05, 0.1) is 0 Å². The summed E-state index contributed by atoms with van der Waals surface area (Å²) in [5.74, 6) is 0. The second-order valence-corrected chi connectivity index (χ2v) is 4.50. The molecule has 0 rings (SSSR count). The van der Waals surface area contributed by atoms with Gasteiger partial charge in [0.2, 0.25) is 0 Å². The highest BCUT2D eigenvalue weighted by Crippen LogP contribution is 1.68. The summed E-state index contributed by atoms with van der Waals surface area (Å²) in [7, 11) is -1.36. The van der Waals surface area contributed by atoms with E-state index in [0.29, 0.717) is 0 Å². The SMILES string of the molecule is [2H][Si](C)(C)C. The first-order valence-corrected chi connectivity index (χ1v) is 4.50. The summed E-state index contributed by atoms with van der Waals surface area (Å²) in [6.07, 6.45) is 0. The Morgan fingerprint density at radius 2 is 1.50 bits per heavy atom. The molecule has 0 atom stereocenters. The van der Waals surface area contributed by atoms with Crippen molar-refractivity contribution in [2.45, 2.75) is 19.6 Å². The molecule has 0 amide bonds. The lowest BCUT2D eigenvalue weighted by Gasteiger charge is -1.75. The number of hydrogen-bond donors (Lipinski definition) is 0. The van der Waals surface area contributed by atoms with Gasteiger partial charge in [-0.25, -0.2) is 0 Å². The molecular formula is C3H10Si. The molecule has 0 spiro atoms. The molecule has 0 unspecified atom stereocenters. The van der Waals surface area contributed by atoms with Crippen LogP contribution in [-0.2, 0) is 0 Å². The second-order valence-electron chi connectivity index (χ2n) is 1.50. The Kier molecular flexibility index (Phi) is 0.937. The topological polar surface area (TPSA) is 0 Å². The van der Waals surface area contributed by atoms with Crippen LogP contribution in [0.4, 0.5) is 0 Å². The van der Waals surface area contributed by atoms with Crippen molar-refractivity contribution in [3.05, 3.63) is 0 Å². The van der Waals surface area contributed by atoms with Crippen LogP contribution in [0.25, 0.3) is 0 Å². The van der Waals surface area contributed by atoms with Gasteiger partial charge < -0.3 is 0 Å². The Morgan fingerprint density at radius 1 is 1.50 bits per heavy atom. The molecule has 0 radical (unpaired) electrons. The summed E-state index contributed by atoms with van der Waals surface area (Å²) < 4.78 is 7.08. The van der Waals surface area contributed by atoms with Gasteiger partial charge in [-0.15, -0.1) is 0 Å². The molecule has 0 nitrogen and oxygen atoms in total. The third-order valence-corrected chi connectivity index (χ3v) is 0. The molecule has 0 saturated heterocycles. The lowest BCUT2D eigenvalue weighted by molar-refractivity contribution is 1.91. The van der Waals surface area contributed by atoms with E-state index in [1.165, 1.54) is 0 Å². The van der Waals surface area contributed by atoms with Crippen LogP contribution in [0.2, 0.25) is 19.6 Å². The van der Waals surface area contributed by atoms with Crippen LogP contribution < -0.4 is 0 Å². The zero-order valence-corrected chi connectivity index (χ0v) is 4.50. The maximum Gasteiger partial charge on any atom is 0.0274 e. The molecule has 0 aliphatic heterocycles. The minimum absolute atomic E-state index is 1.36. The molecule has 0 saturated carbocycles. The Morgan fingerprint density at radius 3 is 1.50 bits per heavy atom. The normalized spacial score (nSPS) is 15.2. The summed E-state index contributed by atoms with van der Waals surface area (Å²) in [6, 6.07) is 0. The fourth-order valence-corrected chi connectivity index (χ4v) is 0. The highest BCUT2D eigenvalue weighted by molar-refractivity contribution is 6.54. The summed E-state index contributed by atoms with van der Waals surface area (Å²) in [5.41, 5.74) is 0. The molecular weight excluding hydrogens is 64.1 g/mol. The summed E-state index contributed by atoms with van der Waals surface area (Å²) in [6.45, 7) is 5.98. The smallest absolute Gasteiger partial charge is 0.0274 e. The van der Waals surface area contributed by atoms with Crippen LogP contribution in [0.5, 0.6) is 0 Å². The van der Waals surface area contributed by atoms with E-state index in [0.717, 1.165) is 0 Å². The minimum Gasteiger partial charge on any atom is -0.0724 e. The second kappa shape index (κ2) is 1.53. The van der Waals surface area contributed by atoms with E-state index in [1.54, 1.807) is 0 Å². The molecule has 4 heavy (non-hydrogen) atoms. The van der Waals surface area contributed by atoms with Crippen molar-refractivity contribution in [1.82, 2.24) is 0 Å². The molecule has 0 aromatic rings. The highest BCUT2D eigenvalue weighted by Gasteiger charge is 1.71. The van der Waals surface area contributed by atoms with Crippen LogP contribution in [0.1, 0.15) is 0 Å². The quantitative estimate of drug-likeness (QED) is 0.378. The zero-order chi connectivity index (χ0) is 4.50. The minimum atomic E-state index is -1.36. The molecule has 0 aromatic heterocycles. The van der Waals surface area contributed by atoms with E-state index >= 15 is 0 Å². The van der Waals surface area contributed by atoms with Gasteiger partial charge in [0.15, 0.2) is 0 Å². The van der Waals surface area contributed by atoms with Gasteiger partial charge in [-0.3, -0.25) is 0 Å². The van der Waals surface area contributed by atoms with Gasteiger partial charge in [-0.1, -0.05) is 19.6 Å². The first-order valence-electron chi connectivity index (χ1n) is 2.00. The average molecular weight is 75.2 g/mol. The van der Waals surface area contributed by atoms with Gasteiger partial charge in [0.1, 0.15) is 0 Å². The van der Waals surface area contributed by atoms with Crippen molar-refractivity contribution in [1.29, 1.82) is 1.23 Å². The highest BCUT2D eigenvalue weighted by atomic mass is 28.3. The fourth-order valence-electron chi connectivity index (χ4n) is 0.